The lowest BCUT2D eigenvalue weighted by atomic mass is 9.91. The summed E-state index contributed by atoms with van der Waals surface area (Å²) in [5, 5.41) is 12.2. The van der Waals surface area contributed by atoms with Crippen molar-refractivity contribution in [1.82, 2.24) is 15.2 Å². The van der Waals surface area contributed by atoms with E-state index in [1.165, 1.54) is 11.3 Å². The fourth-order valence-corrected chi connectivity index (χ4v) is 2.16. The number of rotatable bonds is 2. The van der Waals surface area contributed by atoms with Gasteiger partial charge >= 0.3 is 0 Å². The zero-order valence-corrected chi connectivity index (χ0v) is 11.7. The highest BCUT2D eigenvalue weighted by Gasteiger charge is 2.18. The Balaban J connectivity index is 2.53. The van der Waals surface area contributed by atoms with E-state index in [1.807, 2.05) is 11.4 Å². The molecule has 2 aromatic rings. The maximum atomic E-state index is 11.8. The van der Waals surface area contributed by atoms with Crippen molar-refractivity contribution in [1.29, 1.82) is 0 Å². The predicted molar refractivity (Wildman–Crippen MR) is 74.2 cm³/mol. The van der Waals surface area contributed by atoms with Gasteiger partial charge in [0.2, 0.25) is 0 Å². The van der Waals surface area contributed by atoms with Crippen LogP contribution in [0.5, 0.6) is 0 Å². The first-order valence-electron chi connectivity index (χ1n) is 5.65. The summed E-state index contributed by atoms with van der Waals surface area (Å²) < 4.78 is 0. The Morgan fingerprint density at radius 3 is 2.67 bits per heavy atom. The van der Waals surface area contributed by atoms with Crippen molar-refractivity contribution in [3.63, 3.8) is 0 Å². The van der Waals surface area contributed by atoms with E-state index < -0.39 is 0 Å². The molecule has 5 nitrogen and oxygen atoms in total. The van der Waals surface area contributed by atoms with Crippen molar-refractivity contribution in [2.45, 2.75) is 26.2 Å². The molecule has 96 valence electrons. The van der Waals surface area contributed by atoms with E-state index in [1.54, 1.807) is 7.05 Å². The molecule has 2 aromatic heterocycles. The molecule has 0 amide bonds. The maximum Gasteiger partial charge on any atom is 0.273 e. The average molecular weight is 264 g/mol. The van der Waals surface area contributed by atoms with Gasteiger partial charge in [-0.25, -0.2) is 10.1 Å². The summed E-state index contributed by atoms with van der Waals surface area (Å²) in [5.74, 6) is 0. The number of thiazole rings is 1. The quantitative estimate of drug-likeness (QED) is 0.872. The van der Waals surface area contributed by atoms with Crippen molar-refractivity contribution < 1.29 is 0 Å². The van der Waals surface area contributed by atoms with Crippen LogP contribution < -0.4 is 10.9 Å². The number of H-pyrrole nitrogens is 1. The zero-order valence-electron chi connectivity index (χ0n) is 10.9. The third-order valence-corrected chi connectivity index (χ3v) is 3.43. The van der Waals surface area contributed by atoms with E-state index in [4.69, 9.17) is 0 Å². The molecule has 0 fully saturated rings. The molecule has 0 aliphatic carbocycles. The summed E-state index contributed by atoms with van der Waals surface area (Å²) in [6.45, 7) is 6.16. The van der Waals surface area contributed by atoms with Gasteiger partial charge in [-0.2, -0.15) is 5.10 Å². The molecule has 0 aromatic carbocycles. The van der Waals surface area contributed by atoms with Crippen LogP contribution in [0.1, 0.15) is 26.5 Å². The number of nitrogens with zero attached hydrogens (tertiary/aromatic N) is 2. The van der Waals surface area contributed by atoms with Crippen LogP contribution in [0, 0.1) is 0 Å². The van der Waals surface area contributed by atoms with Crippen LogP contribution in [-0.4, -0.2) is 22.2 Å². The Kier molecular flexibility index (Phi) is 3.21. The number of anilines is 1. The molecule has 2 heterocycles. The van der Waals surface area contributed by atoms with Crippen LogP contribution in [0.2, 0.25) is 0 Å². The van der Waals surface area contributed by atoms with Crippen molar-refractivity contribution in [3.8, 4) is 11.3 Å². The SMILES string of the molecule is CNc1nc(-c2cc(C(C)(C)C)n[nH]c2=O)cs1. The molecule has 0 bridgehead atoms. The number of aromatic amines is 1. The standard InChI is InChI=1S/C12H16N4OS/c1-12(2,3)9-5-7(10(17)16-15-9)8-6-18-11(13-4)14-8/h5-6H,1-4H3,(H,13,14)(H,16,17). The van der Waals surface area contributed by atoms with Gasteiger partial charge in [-0.3, -0.25) is 4.79 Å². The highest BCUT2D eigenvalue weighted by Crippen LogP contribution is 2.25. The van der Waals surface area contributed by atoms with E-state index in [9.17, 15) is 4.79 Å². The lowest BCUT2D eigenvalue weighted by Gasteiger charge is -2.17. The largest absolute Gasteiger partial charge is 0.365 e. The fraction of sp³-hybridized carbons (Fsp3) is 0.417. The number of hydrogen-bond acceptors (Lipinski definition) is 5. The molecular weight excluding hydrogens is 248 g/mol. The summed E-state index contributed by atoms with van der Waals surface area (Å²) in [5.41, 5.74) is 1.76. The second-order valence-electron chi connectivity index (χ2n) is 5.03. The molecule has 0 radical (unpaired) electrons. The minimum Gasteiger partial charge on any atom is -0.365 e. The van der Waals surface area contributed by atoms with Crippen molar-refractivity contribution in [3.05, 3.63) is 27.5 Å². The molecule has 0 spiro atoms. The minimum absolute atomic E-state index is 0.110. The maximum absolute atomic E-state index is 11.8. The van der Waals surface area contributed by atoms with E-state index in [2.05, 4.69) is 41.3 Å². The highest BCUT2D eigenvalue weighted by molar-refractivity contribution is 7.14. The van der Waals surface area contributed by atoms with Gasteiger partial charge in [0.15, 0.2) is 5.13 Å². The first kappa shape index (κ1) is 12.8. The minimum atomic E-state index is -0.212. The monoisotopic (exact) mass is 264 g/mol. The number of nitrogens with one attached hydrogen (secondary N) is 2. The van der Waals surface area contributed by atoms with Gasteiger partial charge in [-0.1, -0.05) is 20.8 Å². The second kappa shape index (κ2) is 4.53. The van der Waals surface area contributed by atoms with Gasteiger partial charge in [-0.15, -0.1) is 11.3 Å². The van der Waals surface area contributed by atoms with Crippen molar-refractivity contribution in [2.24, 2.45) is 0 Å². The molecule has 0 aliphatic heterocycles. The van der Waals surface area contributed by atoms with Crippen LogP contribution in [0.25, 0.3) is 11.3 Å². The Morgan fingerprint density at radius 1 is 1.39 bits per heavy atom. The van der Waals surface area contributed by atoms with Gasteiger partial charge in [0.05, 0.1) is 17.0 Å². The first-order chi connectivity index (χ1) is 8.41. The topological polar surface area (TPSA) is 70.7 Å². The summed E-state index contributed by atoms with van der Waals surface area (Å²) in [4.78, 5) is 16.2. The van der Waals surface area contributed by atoms with Crippen LogP contribution in [0.3, 0.4) is 0 Å². The molecule has 0 unspecified atom stereocenters. The third kappa shape index (κ3) is 2.43. The lowest BCUT2D eigenvalue weighted by Crippen LogP contribution is -2.20. The molecule has 6 heteroatoms. The molecule has 2 rings (SSSR count). The fourth-order valence-electron chi connectivity index (χ4n) is 1.49. The third-order valence-electron chi connectivity index (χ3n) is 2.57. The summed E-state index contributed by atoms with van der Waals surface area (Å²) >= 11 is 1.47. The zero-order chi connectivity index (χ0) is 13.3. The van der Waals surface area contributed by atoms with Crippen LogP contribution in [0.4, 0.5) is 5.13 Å². The smallest absolute Gasteiger partial charge is 0.273 e. The predicted octanol–water partition coefficient (Wildman–Crippen LogP) is 2.23. The number of aromatic nitrogens is 3. The van der Waals surface area contributed by atoms with Gasteiger partial charge in [0.1, 0.15) is 0 Å². The second-order valence-corrected chi connectivity index (χ2v) is 5.89. The van der Waals surface area contributed by atoms with E-state index in [-0.39, 0.29) is 11.0 Å². The van der Waals surface area contributed by atoms with Crippen LogP contribution in [0.15, 0.2) is 16.2 Å². The normalized spacial score (nSPS) is 11.6. The van der Waals surface area contributed by atoms with Crippen molar-refractivity contribution >= 4 is 16.5 Å². The van der Waals surface area contributed by atoms with E-state index in [0.717, 1.165) is 10.8 Å². The molecule has 0 saturated carbocycles. The first-order valence-corrected chi connectivity index (χ1v) is 6.53. The van der Waals surface area contributed by atoms with Gasteiger partial charge in [-0.05, 0) is 6.07 Å². The Labute approximate surface area is 109 Å². The Hall–Kier alpha value is -1.69. The summed E-state index contributed by atoms with van der Waals surface area (Å²) in [6, 6.07) is 1.81. The molecule has 0 saturated heterocycles. The average Bonchev–Trinajstić information content (AvgIpc) is 2.76. The molecule has 0 atom stereocenters. The Bertz CT molecular complexity index is 609. The van der Waals surface area contributed by atoms with Crippen LogP contribution >= 0.6 is 11.3 Å². The molecular formula is C12H16N4OS. The van der Waals surface area contributed by atoms with Crippen molar-refractivity contribution in [2.75, 3.05) is 12.4 Å². The Morgan fingerprint density at radius 2 is 2.11 bits per heavy atom. The van der Waals surface area contributed by atoms with Crippen LogP contribution in [-0.2, 0) is 5.41 Å². The highest BCUT2D eigenvalue weighted by atomic mass is 32.1. The summed E-state index contributed by atoms with van der Waals surface area (Å²) in [6.07, 6.45) is 0. The van der Waals surface area contributed by atoms with E-state index >= 15 is 0 Å². The molecule has 0 aliphatic rings. The molecule has 2 N–H and O–H groups in total. The lowest BCUT2D eigenvalue weighted by molar-refractivity contribution is 0.557. The number of hydrogen-bond donors (Lipinski definition) is 2. The van der Waals surface area contributed by atoms with Gasteiger partial charge < -0.3 is 5.32 Å². The molecule has 18 heavy (non-hydrogen) atoms. The van der Waals surface area contributed by atoms with Gasteiger partial charge in [0.25, 0.3) is 5.56 Å². The summed E-state index contributed by atoms with van der Waals surface area (Å²) in [7, 11) is 1.81. The van der Waals surface area contributed by atoms with Gasteiger partial charge in [0, 0.05) is 17.8 Å². The van der Waals surface area contributed by atoms with E-state index in [0.29, 0.717) is 11.3 Å².